The van der Waals surface area contributed by atoms with Crippen molar-refractivity contribution in [1.82, 2.24) is 10.2 Å². The molecule has 2 heteroatoms. The largest absolute Gasteiger partial charge is 0.314 e. The Kier molecular flexibility index (Phi) is 4.35. The van der Waals surface area contributed by atoms with E-state index in [1.54, 1.807) is 0 Å². The molecule has 0 spiro atoms. The second kappa shape index (κ2) is 5.99. The van der Waals surface area contributed by atoms with Gasteiger partial charge in [-0.05, 0) is 19.4 Å². The monoisotopic (exact) mass is 230 g/mol. The van der Waals surface area contributed by atoms with Crippen LogP contribution in [-0.4, -0.2) is 36.6 Å². The molecule has 2 unspecified atom stereocenters. The Morgan fingerprint density at radius 1 is 1.18 bits per heavy atom. The summed E-state index contributed by atoms with van der Waals surface area (Å²) in [4.78, 5) is 2.55. The van der Waals surface area contributed by atoms with E-state index in [9.17, 15) is 0 Å². The molecule has 0 aromatic heterocycles. The van der Waals surface area contributed by atoms with Crippen LogP contribution in [0.25, 0.3) is 6.08 Å². The van der Waals surface area contributed by atoms with Gasteiger partial charge in [-0.2, -0.15) is 0 Å². The molecule has 1 aliphatic heterocycles. The zero-order valence-electron chi connectivity index (χ0n) is 10.8. The molecule has 1 N–H and O–H groups in total. The Labute approximate surface area is 104 Å². The molecule has 0 radical (unpaired) electrons. The van der Waals surface area contributed by atoms with E-state index in [1.165, 1.54) is 5.56 Å². The van der Waals surface area contributed by atoms with E-state index in [0.717, 1.165) is 19.6 Å². The fourth-order valence-corrected chi connectivity index (χ4v) is 2.40. The van der Waals surface area contributed by atoms with Gasteiger partial charge in [0.2, 0.25) is 0 Å². The summed E-state index contributed by atoms with van der Waals surface area (Å²) in [5, 5.41) is 3.46. The summed E-state index contributed by atoms with van der Waals surface area (Å²) in [6.07, 6.45) is 4.48. The molecule has 0 aliphatic carbocycles. The van der Waals surface area contributed by atoms with Gasteiger partial charge >= 0.3 is 0 Å². The molecule has 2 atom stereocenters. The average Bonchev–Trinajstić information content (AvgIpc) is 2.34. The van der Waals surface area contributed by atoms with Crippen LogP contribution in [0.5, 0.6) is 0 Å². The van der Waals surface area contributed by atoms with Crippen molar-refractivity contribution in [2.75, 3.05) is 19.6 Å². The van der Waals surface area contributed by atoms with E-state index < -0.39 is 0 Å². The molecule has 2 nitrogen and oxygen atoms in total. The van der Waals surface area contributed by atoms with Crippen LogP contribution in [0.1, 0.15) is 19.4 Å². The first-order valence-electron chi connectivity index (χ1n) is 6.45. The van der Waals surface area contributed by atoms with Crippen LogP contribution < -0.4 is 5.32 Å². The van der Waals surface area contributed by atoms with Crippen molar-refractivity contribution >= 4 is 6.08 Å². The lowest BCUT2D eigenvalue weighted by molar-refractivity contribution is 0.133. The van der Waals surface area contributed by atoms with Crippen LogP contribution in [0.4, 0.5) is 0 Å². The minimum absolute atomic E-state index is 0.624. The summed E-state index contributed by atoms with van der Waals surface area (Å²) in [5.41, 5.74) is 1.28. The maximum absolute atomic E-state index is 3.46. The first kappa shape index (κ1) is 12.3. The molecule has 1 aromatic rings. The van der Waals surface area contributed by atoms with Crippen LogP contribution in [0.2, 0.25) is 0 Å². The molecule has 0 bridgehead atoms. The number of hydrogen-bond acceptors (Lipinski definition) is 2. The maximum atomic E-state index is 3.46. The van der Waals surface area contributed by atoms with Gasteiger partial charge in [-0.1, -0.05) is 42.5 Å². The summed E-state index contributed by atoms with van der Waals surface area (Å²) in [6.45, 7) is 7.82. The van der Waals surface area contributed by atoms with E-state index in [4.69, 9.17) is 0 Å². The first-order chi connectivity index (χ1) is 8.27. The third-order valence-corrected chi connectivity index (χ3v) is 3.44. The standard InChI is InChI=1S/C15H22N2/c1-13-11-16-12-14(2)17(13)10-6-9-15-7-4-3-5-8-15/h3-9,13-14,16H,10-12H2,1-2H3. The zero-order valence-corrected chi connectivity index (χ0v) is 10.8. The van der Waals surface area contributed by atoms with E-state index in [-0.39, 0.29) is 0 Å². The molecule has 1 saturated heterocycles. The summed E-state index contributed by atoms with van der Waals surface area (Å²) in [6, 6.07) is 11.7. The summed E-state index contributed by atoms with van der Waals surface area (Å²) >= 11 is 0. The molecule has 1 aliphatic rings. The number of benzene rings is 1. The van der Waals surface area contributed by atoms with Crippen molar-refractivity contribution < 1.29 is 0 Å². The number of nitrogens with zero attached hydrogens (tertiary/aromatic N) is 1. The molecule has 17 heavy (non-hydrogen) atoms. The van der Waals surface area contributed by atoms with E-state index in [2.05, 4.69) is 66.5 Å². The average molecular weight is 230 g/mol. The van der Waals surface area contributed by atoms with Crippen molar-refractivity contribution in [2.45, 2.75) is 25.9 Å². The van der Waals surface area contributed by atoms with Gasteiger partial charge in [-0.15, -0.1) is 0 Å². The van der Waals surface area contributed by atoms with E-state index in [1.807, 2.05) is 0 Å². The van der Waals surface area contributed by atoms with Crippen molar-refractivity contribution in [1.29, 1.82) is 0 Å². The minimum atomic E-state index is 0.624. The lowest BCUT2D eigenvalue weighted by Gasteiger charge is -2.38. The zero-order chi connectivity index (χ0) is 12.1. The van der Waals surface area contributed by atoms with Crippen LogP contribution in [0.15, 0.2) is 36.4 Å². The highest BCUT2D eigenvalue weighted by Gasteiger charge is 2.22. The SMILES string of the molecule is CC1CNCC(C)N1CC=Cc1ccccc1. The molecule has 1 fully saturated rings. The smallest absolute Gasteiger partial charge is 0.0199 e. The highest BCUT2D eigenvalue weighted by Crippen LogP contribution is 2.10. The number of hydrogen-bond donors (Lipinski definition) is 1. The lowest BCUT2D eigenvalue weighted by atomic mass is 10.1. The quantitative estimate of drug-likeness (QED) is 0.857. The third kappa shape index (κ3) is 3.42. The molecule has 92 valence electrons. The Morgan fingerprint density at radius 3 is 2.47 bits per heavy atom. The van der Waals surface area contributed by atoms with E-state index in [0.29, 0.717) is 12.1 Å². The number of nitrogens with one attached hydrogen (secondary N) is 1. The molecule has 0 saturated carbocycles. The number of piperazine rings is 1. The Morgan fingerprint density at radius 2 is 1.82 bits per heavy atom. The van der Waals surface area contributed by atoms with Gasteiger partial charge in [0, 0.05) is 31.7 Å². The Balaban J connectivity index is 1.90. The molecule has 0 amide bonds. The molecule has 2 rings (SSSR count). The van der Waals surface area contributed by atoms with Crippen molar-refractivity contribution in [3.8, 4) is 0 Å². The fourth-order valence-electron chi connectivity index (χ4n) is 2.40. The highest BCUT2D eigenvalue weighted by molar-refractivity contribution is 5.48. The fraction of sp³-hybridized carbons (Fsp3) is 0.467. The maximum Gasteiger partial charge on any atom is 0.0199 e. The van der Waals surface area contributed by atoms with Gasteiger partial charge < -0.3 is 5.32 Å². The van der Waals surface area contributed by atoms with Crippen molar-refractivity contribution in [3.63, 3.8) is 0 Å². The second-order valence-electron chi connectivity index (χ2n) is 4.87. The van der Waals surface area contributed by atoms with Gasteiger partial charge in [0.1, 0.15) is 0 Å². The van der Waals surface area contributed by atoms with Crippen LogP contribution in [0.3, 0.4) is 0 Å². The topological polar surface area (TPSA) is 15.3 Å². The minimum Gasteiger partial charge on any atom is -0.314 e. The molecular weight excluding hydrogens is 208 g/mol. The summed E-state index contributed by atoms with van der Waals surface area (Å²) in [7, 11) is 0. The molecule has 1 aromatic carbocycles. The van der Waals surface area contributed by atoms with Crippen molar-refractivity contribution in [2.24, 2.45) is 0 Å². The Bertz CT molecular complexity index is 348. The summed E-state index contributed by atoms with van der Waals surface area (Å²) in [5.74, 6) is 0. The van der Waals surface area contributed by atoms with Crippen molar-refractivity contribution in [3.05, 3.63) is 42.0 Å². The van der Waals surface area contributed by atoms with E-state index >= 15 is 0 Å². The molecular formula is C15H22N2. The van der Waals surface area contributed by atoms with Gasteiger partial charge in [-0.25, -0.2) is 0 Å². The van der Waals surface area contributed by atoms with Crippen LogP contribution >= 0.6 is 0 Å². The van der Waals surface area contributed by atoms with Gasteiger partial charge in [0.05, 0.1) is 0 Å². The second-order valence-corrected chi connectivity index (χ2v) is 4.87. The van der Waals surface area contributed by atoms with Crippen LogP contribution in [0, 0.1) is 0 Å². The van der Waals surface area contributed by atoms with Gasteiger partial charge in [0.15, 0.2) is 0 Å². The summed E-state index contributed by atoms with van der Waals surface area (Å²) < 4.78 is 0. The highest BCUT2D eigenvalue weighted by atomic mass is 15.2. The Hall–Kier alpha value is -1.12. The lowest BCUT2D eigenvalue weighted by Crippen LogP contribution is -2.54. The molecule has 1 heterocycles. The normalized spacial score (nSPS) is 26.5. The van der Waals surface area contributed by atoms with Gasteiger partial charge in [-0.3, -0.25) is 4.90 Å². The number of rotatable bonds is 3. The predicted molar refractivity (Wildman–Crippen MR) is 74.0 cm³/mol. The third-order valence-electron chi connectivity index (χ3n) is 3.44. The predicted octanol–water partition coefficient (Wildman–Crippen LogP) is 2.38. The van der Waals surface area contributed by atoms with Crippen LogP contribution in [-0.2, 0) is 0 Å². The van der Waals surface area contributed by atoms with Gasteiger partial charge in [0.25, 0.3) is 0 Å². The first-order valence-corrected chi connectivity index (χ1v) is 6.45.